The van der Waals surface area contributed by atoms with Crippen LogP contribution in [0.1, 0.15) is 16.7 Å². The Kier molecular flexibility index (Phi) is 5.65. The number of hydrogen-bond donors (Lipinski definition) is 3. The molecule has 5 heteroatoms. The number of ether oxygens (including phenoxy) is 1. The molecule has 0 aliphatic rings. The zero-order valence-electron chi connectivity index (χ0n) is 18.2. The summed E-state index contributed by atoms with van der Waals surface area (Å²) in [6.07, 6.45) is 0. The molecule has 4 rings (SSSR count). The number of hydrogen-bond acceptors (Lipinski definition) is 5. The van der Waals surface area contributed by atoms with E-state index in [1.54, 1.807) is 24.3 Å². The van der Waals surface area contributed by atoms with Gasteiger partial charge in [0, 0.05) is 23.5 Å². The summed E-state index contributed by atoms with van der Waals surface area (Å²) in [7, 11) is 0. The molecule has 0 saturated carbocycles. The molecule has 0 spiro atoms. The number of aromatic hydroxyl groups is 3. The SMILES string of the molecule is Cc1ccc(Oc2ccccc2N(c2ccc(C)c(O)c2)c2ccc(C)c(O)c2)c(O)c1. The number of para-hydroxylation sites is 2. The highest BCUT2D eigenvalue weighted by molar-refractivity contribution is 5.81. The summed E-state index contributed by atoms with van der Waals surface area (Å²) in [5, 5.41) is 31.1. The minimum absolute atomic E-state index is 0.0484. The van der Waals surface area contributed by atoms with E-state index in [0.717, 1.165) is 16.7 Å². The Morgan fingerprint density at radius 2 is 1.19 bits per heavy atom. The van der Waals surface area contributed by atoms with Crippen LogP contribution in [0.2, 0.25) is 0 Å². The van der Waals surface area contributed by atoms with Crippen molar-refractivity contribution in [3.05, 3.63) is 95.6 Å². The molecule has 0 unspecified atom stereocenters. The van der Waals surface area contributed by atoms with E-state index < -0.39 is 0 Å². The second-order valence-electron chi connectivity index (χ2n) is 7.82. The van der Waals surface area contributed by atoms with Crippen LogP contribution in [-0.2, 0) is 0 Å². The maximum atomic E-state index is 10.4. The monoisotopic (exact) mass is 427 g/mol. The highest BCUT2D eigenvalue weighted by Gasteiger charge is 2.19. The molecular formula is C27H25NO4. The first-order valence-electron chi connectivity index (χ1n) is 10.3. The third kappa shape index (κ3) is 4.18. The molecule has 3 N–H and O–H groups in total. The molecule has 0 aliphatic carbocycles. The number of anilines is 3. The van der Waals surface area contributed by atoms with Gasteiger partial charge in [-0.3, -0.25) is 0 Å². The Bertz CT molecular complexity index is 1230. The fourth-order valence-corrected chi connectivity index (χ4v) is 3.46. The van der Waals surface area contributed by atoms with Gasteiger partial charge in [0.1, 0.15) is 11.5 Å². The van der Waals surface area contributed by atoms with Gasteiger partial charge in [0.05, 0.1) is 5.69 Å². The summed E-state index contributed by atoms with van der Waals surface area (Å²) in [6, 6.07) is 23.5. The summed E-state index contributed by atoms with van der Waals surface area (Å²) >= 11 is 0. The van der Waals surface area contributed by atoms with Crippen molar-refractivity contribution in [2.75, 3.05) is 4.90 Å². The molecule has 0 aliphatic heterocycles. The first-order valence-corrected chi connectivity index (χ1v) is 10.3. The van der Waals surface area contributed by atoms with Crippen LogP contribution in [-0.4, -0.2) is 15.3 Å². The van der Waals surface area contributed by atoms with Gasteiger partial charge in [-0.15, -0.1) is 0 Å². The van der Waals surface area contributed by atoms with Gasteiger partial charge in [-0.2, -0.15) is 0 Å². The summed E-state index contributed by atoms with van der Waals surface area (Å²) in [6.45, 7) is 5.56. The molecule has 0 atom stereocenters. The van der Waals surface area contributed by atoms with E-state index in [2.05, 4.69) is 0 Å². The average molecular weight is 428 g/mol. The number of nitrogens with zero attached hydrogens (tertiary/aromatic N) is 1. The van der Waals surface area contributed by atoms with Crippen LogP contribution in [0.5, 0.6) is 28.7 Å². The second-order valence-corrected chi connectivity index (χ2v) is 7.82. The molecule has 162 valence electrons. The Labute approximate surface area is 187 Å². The molecule has 0 amide bonds. The highest BCUT2D eigenvalue weighted by Crippen LogP contribution is 2.44. The third-order valence-corrected chi connectivity index (χ3v) is 5.34. The van der Waals surface area contributed by atoms with Crippen LogP contribution in [0.15, 0.2) is 78.9 Å². The third-order valence-electron chi connectivity index (χ3n) is 5.34. The first kappa shape index (κ1) is 21.1. The van der Waals surface area contributed by atoms with Crippen molar-refractivity contribution in [3.63, 3.8) is 0 Å². The van der Waals surface area contributed by atoms with Gasteiger partial charge in [-0.1, -0.05) is 30.3 Å². The van der Waals surface area contributed by atoms with Gasteiger partial charge >= 0.3 is 0 Å². The lowest BCUT2D eigenvalue weighted by Gasteiger charge is -2.28. The van der Waals surface area contributed by atoms with Crippen molar-refractivity contribution in [1.29, 1.82) is 0 Å². The van der Waals surface area contributed by atoms with Crippen LogP contribution >= 0.6 is 0 Å². The Morgan fingerprint density at radius 1 is 0.594 bits per heavy atom. The lowest BCUT2D eigenvalue weighted by atomic mass is 10.1. The van der Waals surface area contributed by atoms with Crippen molar-refractivity contribution < 1.29 is 20.1 Å². The van der Waals surface area contributed by atoms with E-state index in [1.165, 1.54) is 0 Å². The molecule has 0 aromatic heterocycles. The van der Waals surface area contributed by atoms with Gasteiger partial charge in [0.25, 0.3) is 0 Å². The molecule has 32 heavy (non-hydrogen) atoms. The van der Waals surface area contributed by atoms with E-state index in [-0.39, 0.29) is 17.2 Å². The van der Waals surface area contributed by atoms with Crippen molar-refractivity contribution in [3.8, 4) is 28.7 Å². The minimum Gasteiger partial charge on any atom is -0.508 e. The summed E-state index contributed by atoms with van der Waals surface area (Å²) in [5.41, 5.74) is 4.51. The summed E-state index contributed by atoms with van der Waals surface area (Å²) in [5.74, 6) is 1.22. The predicted octanol–water partition coefficient (Wildman–Crippen LogP) is 6.99. The van der Waals surface area contributed by atoms with Gasteiger partial charge in [0.15, 0.2) is 17.2 Å². The maximum Gasteiger partial charge on any atom is 0.169 e. The molecule has 0 saturated heterocycles. The quantitative estimate of drug-likeness (QED) is 0.320. The zero-order valence-corrected chi connectivity index (χ0v) is 18.2. The molecule has 0 bridgehead atoms. The van der Waals surface area contributed by atoms with E-state index in [1.807, 2.05) is 80.3 Å². The van der Waals surface area contributed by atoms with Crippen LogP contribution < -0.4 is 9.64 Å². The average Bonchev–Trinajstić information content (AvgIpc) is 2.76. The van der Waals surface area contributed by atoms with Gasteiger partial charge in [-0.25, -0.2) is 0 Å². The minimum atomic E-state index is 0.0484. The lowest BCUT2D eigenvalue weighted by Crippen LogP contribution is -2.11. The topological polar surface area (TPSA) is 73.2 Å². The summed E-state index contributed by atoms with van der Waals surface area (Å²) in [4.78, 5) is 1.89. The highest BCUT2D eigenvalue weighted by atomic mass is 16.5. The van der Waals surface area contributed by atoms with Crippen molar-refractivity contribution >= 4 is 17.1 Å². The molecule has 4 aromatic carbocycles. The molecule has 0 fully saturated rings. The number of aryl methyl sites for hydroxylation is 3. The van der Waals surface area contributed by atoms with Crippen molar-refractivity contribution in [2.45, 2.75) is 20.8 Å². The smallest absolute Gasteiger partial charge is 0.169 e. The van der Waals surface area contributed by atoms with Crippen LogP contribution in [0.4, 0.5) is 17.1 Å². The second kappa shape index (κ2) is 8.55. The molecule has 0 heterocycles. The number of benzene rings is 4. The lowest BCUT2D eigenvalue weighted by molar-refractivity contribution is 0.411. The Hall–Kier alpha value is -4.12. The number of phenolic OH excluding ortho intramolecular Hbond substituents is 3. The maximum absolute atomic E-state index is 10.4. The van der Waals surface area contributed by atoms with E-state index in [0.29, 0.717) is 28.6 Å². The standard InChI is InChI=1S/C27H25NO4/c1-17-8-13-27(25(31)14-17)32-26-7-5-4-6-22(26)28(20-11-9-18(2)23(29)15-20)21-12-10-19(3)24(30)16-21/h4-16,29-31H,1-3H3. The van der Waals surface area contributed by atoms with Crippen molar-refractivity contribution in [2.24, 2.45) is 0 Å². The molecule has 4 aromatic rings. The molecular weight excluding hydrogens is 402 g/mol. The first-order chi connectivity index (χ1) is 15.3. The van der Waals surface area contributed by atoms with Crippen LogP contribution in [0, 0.1) is 20.8 Å². The van der Waals surface area contributed by atoms with E-state index >= 15 is 0 Å². The van der Waals surface area contributed by atoms with Gasteiger partial charge in [-0.05, 0) is 73.9 Å². The van der Waals surface area contributed by atoms with E-state index in [4.69, 9.17) is 4.74 Å². The normalized spacial score (nSPS) is 10.7. The summed E-state index contributed by atoms with van der Waals surface area (Å²) < 4.78 is 6.11. The number of phenols is 3. The Morgan fingerprint density at radius 3 is 1.75 bits per heavy atom. The predicted molar refractivity (Wildman–Crippen MR) is 127 cm³/mol. The fourth-order valence-electron chi connectivity index (χ4n) is 3.46. The zero-order chi connectivity index (χ0) is 22.8. The van der Waals surface area contributed by atoms with Gasteiger partial charge in [0.2, 0.25) is 0 Å². The van der Waals surface area contributed by atoms with Crippen LogP contribution in [0.3, 0.4) is 0 Å². The van der Waals surface area contributed by atoms with Gasteiger partial charge < -0.3 is 25.0 Å². The largest absolute Gasteiger partial charge is 0.508 e. The molecule has 5 nitrogen and oxygen atoms in total. The fraction of sp³-hybridized carbons (Fsp3) is 0.111. The molecule has 0 radical (unpaired) electrons. The van der Waals surface area contributed by atoms with E-state index in [9.17, 15) is 15.3 Å². The van der Waals surface area contributed by atoms with Crippen LogP contribution in [0.25, 0.3) is 0 Å². The number of rotatable bonds is 5. The van der Waals surface area contributed by atoms with Crippen molar-refractivity contribution in [1.82, 2.24) is 0 Å². The Balaban J connectivity index is 1.88.